The lowest BCUT2D eigenvalue weighted by Gasteiger charge is -2.31. The number of hydrogen-bond acceptors (Lipinski definition) is 4. The van der Waals surface area contributed by atoms with Crippen LogP contribution in [0.15, 0.2) is 4.99 Å². The van der Waals surface area contributed by atoms with Gasteiger partial charge in [-0.15, -0.1) is 24.0 Å². The van der Waals surface area contributed by atoms with Gasteiger partial charge in [0.25, 0.3) is 0 Å². The van der Waals surface area contributed by atoms with E-state index in [1.54, 1.807) is 7.05 Å². The minimum absolute atomic E-state index is 0. The van der Waals surface area contributed by atoms with Gasteiger partial charge in [0.05, 0.1) is 0 Å². The highest BCUT2D eigenvalue weighted by Gasteiger charge is 2.50. The van der Waals surface area contributed by atoms with Crippen LogP contribution in [0.2, 0.25) is 0 Å². The first-order chi connectivity index (χ1) is 12.5. The second-order valence-corrected chi connectivity index (χ2v) is 8.57. The van der Waals surface area contributed by atoms with E-state index in [0.29, 0.717) is 36.2 Å². The first kappa shape index (κ1) is 27.2. The van der Waals surface area contributed by atoms with Crippen LogP contribution in [0.1, 0.15) is 33.1 Å². The average Bonchev–Trinajstić information content (AvgIpc) is 2.56. The molecule has 1 aliphatic heterocycles. The van der Waals surface area contributed by atoms with Crippen LogP contribution in [0.25, 0.3) is 0 Å². The summed E-state index contributed by atoms with van der Waals surface area (Å²) >= 11 is 0. The molecule has 1 amide bonds. The van der Waals surface area contributed by atoms with E-state index >= 15 is 0 Å². The van der Waals surface area contributed by atoms with E-state index < -0.39 is 15.5 Å². The van der Waals surface area contributed by atoms with Crippen LogP contribution < -0.4 is 16.0 Å². The van der Waals surface area contributed by atoms with Crippen LogP contribution in [0.3, 0.4) is 0 Å². The molecular formula is C15H29F3IN5O3S. The number of nitrogens with one attached hydrogen (secondary N) is 3. The summed E-state index contributed by atoms with van der Waals surface area (Å²) in [5.41, 5.74) is -5.26. The smallest absolute Gasteiger partial charge is 0.356 e. The van der Waals surface area contributed by atoms with Crippen LogP contribution in [-0.2, 0) is 14.8 Å². The maximum Gasteiger partial charge on any atom is 0.511 e. The van der Waals surface area contributed by atoms with E-state index in [9.17, 15) is 26.4 Å². The van der Waals surface area contributed by atoms with Crippen molar-refractivity contribution in [2.45, 2.75) is 44.7 Å². The Balaban J connectivity index is 0.00000729. The Morgan fingerprint density at radius 2 is 1.79 bits per heavy atom. The molecule has 1 aliphatic rings. The Labute approximate surface area is 181 Å². The molecule has 1 rings (SSSR count). The monoisotopic (exact) mass is 543 g/mol. The van der Waals surface area contributed by atoms with E-state index in [4.69, 9.17) is 0 Å². The Kier molecular flexibility index (Phi) is 11.6. The highest BCUT2D eigenvalue weighted by molar-refractivity contribution is 14.0. The van der Waals surface area contributed by atoms with Crippen molar-refractivity contribution in [1.82, 2.24) is 20.3 Å². The Hall–Kier alpha value is -0.830. The molecule has 1 saturated heterocycles. The van der Waals surface area contributed by atoms with Gasteiger partial charge in [0.1, 0.15) is 0 Å². The summed E-state index contributed by atoms with van der Waals surface area (Å²) in [4.78, 5) is 15.6. The predicted molar refractivity (Wildman–Crippen MR) is 112 cm³/mol. The lowest BCUT2D eigenvalue weighted by molar-refractivity contribution is -0.121. The molecule has 0 aromatic carbocycles. The summed E-state index contributed by atoms with van der Waals surface area (Å²) < 4.78 is 61.0. The predicted octanol–water partition coefficient (Wildman–Crippen LogP) is 1.25. The summed E-state index contributed by atoms with van der Waals surface area (Å²) in [6.07, 6.45) is 0.943. The molecule has 13 heteroatoms. The molecule has 1 fully saturated rings. The molecular weight excluding hydrogens is 514 g/mol. The van der Waals surface area contributed by atoms with Gasteiger partial charge in [-0.3, -0.25) is 9.79 Å². The number of hydrogen-bond donors (Lipinski definition) is 3. The van der Waals surface area contributed by atoms with Crippen LogP contribution in [0.5, 0.6) is 0 Å². The largest absolute Gasteiger partial charge is 0.511 e. The summed E-state index contributed by atoms with van der Waals surface area (Å²) in [6, 6.07) is 0.0713. The molecule has 0 aliphatic carbocycles. The fourth-order valence-electron chi connectivity index (χ4n) is 2.65. The molecule has 8 nitrogen and oxygen atoms in total. The zero-order valence-electron chi connectivity index (χ0n) is 16.2. The fourth-order valence-corrected chi connectivity index (χ4v) is 3.63. The molecule has 0 unspecified atom stereocenters. The number of aliphatic imine (C=N–C) groups is 1. The maximum absolute atomic E-state index is 12.6. The first-order valence-electron chi connectivity index (χ1n) is 8.77. The van der Waals surface area contributed by atoms with Gasteiger partial charge in [0, 0.05) is 45.7 Å². The molecule has 0 saturated carbocycles. The van der Waals surface area contributed by atoms with Gasteiger partial charge in [0.2, 0.25) is 5.91 Å². The highest BCUT2D eigenvalue weighted by Crippen LogP contribution is 2.30. The van der Waals surface area contributed by atoms with E-state index in [1.165, 1.54) is 0 Å². The van der Waals surface area contributed by atoms with Crippen LogP contribution in [-0.4, -0.2) is 69.4 Å². The SMILES string of the molecule is CN=C(NCCC(=O)NC(C)C)NCC1CCN(S(=O)(=O)C(F)(F)F)CC1.I. The second kappa shape index (κ2) is 12.0. The van der Waals surface area contributed by atoms with Gasteiger partial charge in [-0.05, 0) is 32.6 Å². The molecule has 166 valence electrons. The number of sulfonamides is 1. The lowest BCUT2D eigenvalue weighted by atomic mass is 9.98. The lowest BCUT2D eigenvalue weighted by Crippen LogP contribution is -2.47. The zero-order valence-corrected chi connectivity index (χ0v) is 19.3. The highest BCUT2D eigenvalue weighted by atomic mass is 127. The van der Waals surface area contributed by atoms with Crippen molar-refractivity contribution in [2.75, 3.05) is 33.2 Å². The number of piperidine rings is 1. The molecule has 0 aromatic heterocycles. The number of carbonyl (C=O) groups is 1. The molecule has 1 heterocycles. The number of carbonyl (C=O) groups excluding carboxylic acids is 1. The van der Waals surface area contributed by atoms with Crippen molar-refractivity contribution in [3.8, 4) is 0 Å². The molecule has 0 spiro atoms. The van der Waals surface area contributed by atoms with E-state index in [-0.39, 0.29) is 61.4 Å². The molecule has 0 atom stereocenters. The molecule has 0 radical (unpaired) electrons. The van der Waals surface area contributed by atoms with Gasteiger partial charge in [-0.1, -0.05) is 0 Å². The minimum Gasteiger partial charge on any atom is -0.356 e. The standard InChI is InChI=1S/C15H28F3N5O3S.HI/c1-11(2)22-13(24)4-7-20-14(19-3)21-10-12-5-8-23(9-6-12)27(25,26)15(16,17)18;/h11-12H,4-10H2,1-3H3,(H,22,24)(H2,19,20,21);1H. The summed E-state index contributed by atoms with van der Waals surface area (Å²) in [5, 5.41) is 8.82. The minimum atomic E-state index is -5.26. The summed E-state index contributed by atoms with van der Waals surface area (Å²) in [5.74, 6) is 0.441. The van der Waals surface area contributed by atoms with E-state index in [2.05, 4.69) is 20.9 Å². The zero-order chi connectivity index (χ0) is 20.7. The third kappa shape index (κ3) is 8.68. The number of nitrogens with zero attached hydrogens (tertiary/aromatic N) is 2. The summed E-state index contributed by atoms with van der Waals surface area (Å²) in [6.45, 7) is 4.28. The normalized spacial score (nSPS) is 17.2. The third-order valence-corrected chi connectivity index (χ3v) is 5.71. The quantitative estimate of drug-likeness (QED) is 0.255. The number of rotatable bonds is 7. The topological polar surface area (TPSA) is 103 Å². The Morgan fingerprint density at radius 3 is 2.25 bits per heavy atom. The first-order valence-corrected chi connectivity index (χ1v) is 10.2. The second-order valence-electron chi connectivity index (χ2n) is 6.65. The van der Waals surface area contributed by atoms with Crippen LogP contribution in [0.4, 0.5) is 13.2 Å². The fraction of sp³-hybridized carbons (Fsp3) is 0.867. The van der Waals surface area contributed by atoms with Crippen LogP contribution >= 0.6 is 24.0 Å². The van der Waals surface area contributed by atoms with Gasteiger partial charge < -0.3 is 16.0 Å². The van der Waals surface area contributed by atoms with Crippen LogP contribution in [0, 0.1) is 5.92 Å². The van der Waals surface area contributed by atoms with Crippen molar-refractivity contribution in [3.05, 3.63) is 0 Å². The van der Waals surface area contributed by atoms with Gasteiger partial charge in [-0.25, -0.2) is 8.42 Å². The number of amides is 1. The molecule has 0 bridgehead atoms. The number of halogens is 4. The van der Waals surface area contributed by atoms with E-state index in [1.807, 2.05) is 13.8 Å². The molecule has 0 aromatic rings. The van der Waals surface area contributed by atoms with Crippen molar-refractivity contribution in [1.29, 1.82) is 0 Å². The van der Waals surface area contributed by atoms with E-state index in [0.717, 1.165) is 0 Å². The summed E-state index contributed by atoms with van der Waals surface area (Å²) in [7, 11) is -3.68. The van der Waals surface area contributed by atoms with Gasteiger partial charge >= 0.3 is 15.5 Å². The average molecular weight is 543 g/mol. The number of guanidine groups is 1. The Bertz CT molecular complexity index is 621. The molecule has 3 N–H and O–H groups in total. The number of alkyl halides is 3. The van der Waals surface area contributed by atoms with Gasteiger partial charge in [0.15, 0.2) is 5.96 Å². The van der Waals surface area contributed by atoms with Crippen molar-refractivity contribution < 1.29 is 26.4 Å². The molecule has 28 heavy (non-hydrogen) atoms. The van der Waals surface area contributed by atoms with Crippen molar-refractivity contribution in [3.63, 3.8) is 0 Å². The van der Waals surface area contributed by atoms with Crippen molar-refractivity contribution in [2.24, 2.45) is 10.9 Å². The maximum atomic E-state index is 12.6. The van der Waals surface area contributed by atoms with Crippen molar-refractivity contribution >= 4 is 45.9 Å². The van der Waals surface area contributed by atoms with Gasteiger partial charge in [-0.2, -0.15) is 17.5 Å². The third-order valence-electron chi connectivity index (χ3n) is 4.08. The Morgan fingerprint density at radius 1 is 1.21 bits per heavy atom.